The van der Waals surface area contributed by atoms with E-state index in [1.165, 1.54) is 0 Å². The average molecular weight is 278 g/mol. The molecule has 0 saturated carbocycles. The Balaban J connectivity index is 2.30. The molecule has 0 aromatic heterocycles. The van der Waals surface area contributed by atoms with Crippen molar-refractivity contribution in [2.24, 2.45) is 0 Å². The molecule has 1 aliphatic heterocycles. The fourth-order valence-corrected chi connectivity index (χ4v) is 2.28. The van der Waals surface area contributed by atoms with Crippen molar-refractivity contribution in [2.45, 2.75) is 19.4 Å². The zero-order valence-electron chi connectivity index (χ0n) is 12.4. The average Bonchev–Trinajstić information content (AvgIpc) is 2.46. The van der Waals surface area contributed by atoms with Gasteiger partial charge in [0.05, 0.1) is 25.0 Å². The van der Waals surface area contributed by atoms with Gasteiger partial charge < -0.3 is 14.7 Å². The van der Waals surface area contributed by atoms with Gasteiger partial charge in [-0.25, -0.2) is 0 Å². The second kappa shape index (κ2) is 9.60. The van der Waals surface area contributed by atoms with Gasteiger partial charge in [-0.15, -0.1) is 13.0 Å². The number of aliphatic hydroxyl groups excluding tert-OH is 1. The minimum atomic E-state index is -0.445. The number of β-amino-alcohol motifs (C(OH)–C–C–N with tert-alkyl or cyclic N) is 1. The summed E-state index contributed by atoms with van der Waals surface area (Å²) in [6.45, 7) is 10.8. The van der Waals surface area contributed by atoms with Gasteiger partial charge in [-0.3, -0.25) is 4.90 Å². The number of hydrogen-bond donors (Lipinski definition) is 1. The number of ether oxygens (including phenoxy) is 1. The van der Waals surface area contributed by atoms with E-state index in [4.69, 9.17) is 11.2 Å². The third kappa shape index (κ3) is 5.79. The first kappa shape index (κ1) is 16.8. The predicted octanol–water partition coefficient (Wildman–Crippen LogP) is 1.09. The van der Waals surface area contributed by atoms with E-state index in [9.17, 15) is 5.11 Å². The molecule has 0 unspecified atom stereocenters. The van der Waals surface area contributed by atoms with Gasteiger partial charge in [-0.05, 0) is 6.42 Å². The van der Waals surface area contributed by atoms with Crippen molar-refractivity contribution < 1.29 is 9.84 Å². The van der Waals surface area contributed by atoms with E-state index in [1.54, 1.807) is 6.08 Å². The van der Waals surface area contributed by atoms with Crippen molar-refractivity contribution >= 4 is 0 Å². The lowest BCUT2D eigenvalue weighted by molar-refractivity contribution is 0.0179. The standard InChI is InChI=1S/C16H26N2O2/c1-4-7-15(6-3)18-10-8-17(9-11-18)13-16(19)14-20-12-5-2/h3,5,7,16,19H,2,4,8-14H2,1H3/b15-7+/t16-/m0/s1. The zero-order chi connectivity index (χ0) is 14.8. The summed E-state index contributed by atoms with van der Waals surface area (Å²) in [7, 11) is 0. The number of terminal acetylenes is 1. The minimum Gasteiger partial charge on any atom is -0.389 e. The molecule has 0 spiro atoms. The van der Waals surface area contributed by atoms with E-state index in [-0.39, 0.29) is 0 Å². The van der Waals surface area contributed by atoms with Gasteiger partial charge in [0.1, 0.15) is 0 Å². The molecule has 0 amide bonds. The number of rotatable bonds is 8. The normalized spacial score (nSPS) is 18.6. The molecule has 0 bridgehead atoms. The van der Waals surface area contributed by atoms with Crippen LogP contribution < -0.4 is 0 Å². The van der Waals surface area contributed by atoms with Crippen LogP contribution >= 0.6 is 0 Å². The molecule has 1 heterocycles. The van der Waals surface area contributed by atoms with Gasteiger partial charge in [-0.2, -0.15) is 0 Å². The fraction of sp³-hybridized carbons (Fsp3) is 0.625. The summed E-state index contributed by atoms with van der Waals surface area (Å²) in [5.41, 5.74) is 0.988. The summed E-state index contributed by atoms with van der Waals surface area (Å²) in [6, 6.07) is 0. The predicted molar refractivity (Wildman–Crippen MR) is 82.2 cm³/mol. The van der Waals surface area contributed by atoms with Gasteiger partial charge in [0.2, 0.25) is 0 Å². The summed E-state index contributed by atoms with van der Waals surface area (Å²) in [5, 5.41) is 9.88. The number of aliphatic hydroxyl groups is 1. The Morgan fingerprint density at radius 3 is 2.70 bits per heavy atom. The van der Waals surface area contributed by atoms with Crippen molar-refractivity contribution in [3.8, 4) is 12.3 Å². The molecule has 1 saturated heterocycles. The SMILES string of the molecule is C#C/C(=C\CC)N1CCN(C[C@H](O)COCC=C)CC1. The highest BCUT2D eigenvalue weighted by atomic mass is 16.5. The van der Waals surface area contributed by atoms with Crippen molar-refractivity contribution in [3.63, 3.8) is 0 Å². The number of allylic oxidation sites excluding steroid dienone is 2. The Morgan fingerprint density at radius 2 is 2.15 bits per heavy atom. The molecule has 1 atom stereocenters. The summed E-state index contributed by atoms with van der Waals surface area (Å²) in [6.07, 6.45) is 9.83. The first-order chi connectivity index (χ1) is 9.71. The van der Waals surface area contributed by atoms with E-state index in [0.717, 1.165) is 38.3 Å². The van der Waals surface area contributed by atoms with Crippen molar-refractivity contribution in [2.75, 3.05) is 45.9 Å². The number of hydrogen-bond acceptors (Lipinski definition) is 4. The van der Waals surface area contributed by atoms with Crippen LogP contribution in [0.5, 0.6) is 0 Å². The van der Waals surface area contributed by atoms with Crippen LogP contribution in [0.2, 0.25) is 0 Å². The van der Waals surface area contributed by atoms with Gasteiger partial charge in [0.15, 0.2) is 0 Å². The maximum atomic E-state index is 9.88. The summed E-state index contributed by atoms with van der Waals surface area (Å²) in [4.78, 5) is 4.49. The van der Waals surface area contributed by atoms with E-state index in [2.05, 4.69) is 35.3 Å². The molecule has 4 nitrogen and oxygen atoms in total. The van der Waals surface area contributed by atoms with Crippen LogP contribution in [0.1, 0.15) is 13.3 Å². The minimum absolute atomic E-state index is 0.359. The molecule has 20 heavy (non-hydrogen) atoms. The third-order valence-electron chi connectivity index (χ3n) is 3.27. The maximum absolute atomic E-state index is 9.88. The molecule has 0 aliphatic carbocycles. The van der Waals surface area contributed by atoms with E-state index in [1.807, 2.05) is 0 Å². The first-order valence-corrected chi connectivity index (χ1v) is 7.22. The monoisotopic (exact) mass is 278 g/mol. The summed E-state index contributed by atoms with van der Waals surface area (Å²) in [5.74, 6) is 2.75. The molecule has 0 aromatic rings. The highest BCUT2D eigenvalue weighted by Gasteiger charge is 2.19. The molecule has 112 valence electrons. The van der Waals surface area contributed by atoms with Gasteiger partial charge >= 0.3 is 0 Å². The van der Waals surface area contributed by atoms with Crippen LogP contribution in [0, 0.1) is 12.3 Å². The Bertz CT molecular complexity index is 352. The van der Waals surface area contributed by atoms with Crippen LogP contribution in [-0.4, -0.2) is 66.9 Å². The van der Waals surface area contributed by atoms with Crippen molar-refractivity contribution in [3.05, 3.63) is 24.4 Å². The summed E-state index contributed by atoms with van der Waals surface area (Å²) < 4.78 is 5.25. The van der Waals surface area contributed by atoms with E-state index < -0.39 is 6.10 Å². The Labute approximate surface area is 122 Å². The molecule has 0 radical (unpaired) electrons. The van der Waals surface area contributed by atoms with Crippen molar-refractivity contribution in [1.82, 2.24) is 9.80 Å². The van der Waals surface area contributed by atoms with Gasteiger partial charge in [0, 0.05) is 32.7 Å². The van der Waals surface area contributed by atoms with Crippen molar-refractivity contribution in [1.29, 1.82) is 0 Å². The Kier molecular flexibility index (Phi) is 8.05. The number of piperazine rings is 1. The van der Waals surface area contributed by atoms with Crippen LogP contribution in [-0.2, 0) is 4.74 Å². The lowest BCUT2D eigenvalue weighted by Crippen LogP contribution is -2.48. The summed E-state index contributed by atoms with van der Waals surface area (Å²) >= 11 is 0. The largest absolute Gasteiger partial charge is 0.389 e. The number of nitrogens with zero attached hydrogens (tertiary/aromatic N) is 2. The topological polar surface area (TPSA) is 35.9 Å². The smallest absolute Gasteiger partial charge is 0.0900 e. The Morgan fingerprint density at radius 1 is 1.45 bits per heavy atom. The quantitative estimate of drug-likeness (QED) is 0.410. The van der Waals surface area contributed by atoms with E-state index >= 15 is 0 Å². The van der Waals surface area contributed by atoms with Gasteiger partial charge in [-0.1, -0.05) is 25.0 Å². The lowest BCUT2D eigenvalue weighted by Gasteiger charge is -2.36. The first-order valence-electron chi connectivity index (χ1n) is 7.22. The third-order valence-corrected chi connectivity index (χ3v) is 3.27. The second-order valence-electron chi connectivity index (χ2n) is 4.91. The van der Waals surface area contributed by atoms with Crippen LogP contribution in [0.25, 0.3) is 0 Å². The highest BCUT2D eigenvalue weighted by molar-refractivity contribution is 5.24. The van der Waals surface area contributed by atoms with Crippen LogP contribution in [0.15, 0.2) is 24.4 Å². The van der Waals surface area contributed by atoms with E-state index in [0.29, 0.717) is 19.8 Å². The highest BCUT2D eigenvalue weighted by Crippen LogP contribution is 2.10. The van der Waals surface area contributed by atoms with Crippen LogP contribution in [0.3, 0.4) is 0 Å². The molecule has 1 aliphatic rings. The Hall–Kier alpha value is -1.28. The lowest BCUT2D eigenvalue weighted by atomic mass is 10.2. The van der Waals surface area contributed by atoms with Gasteiger partial charge in [0.25, 0.3) is 0 Å². The molecular formula is C16H26N2O2. The molecular weight excluding hydrogens is 252 g/mol. The zero-order valence-corrected chi connectivity index (χ0v) is 12.4. The molecule has 4 heteroatoms. The second-order valence-corrected chi connectivity index (χ2v) is 4.91. The molecule has 0 aromatic carbocycles. The van der Waals surface area contributed by atoms with Crippen LogP contribution in [0.4, 0.5) is 0 Å². The molecule has 1 rings (SSSR count). The molecule has 1 fully saturated rings. The molecule has 1 N–H and O–H groups in total. The fourth-order valence-electron chi connectivity index (χ4n) is 2.28. The maximum Gasteiger partial charge on any atom is 0.0900 e.